The van der Waals surface area contributed by atoms with Gasteiger partial charge in [-0.3, -0.25) is 0 Å². The molecule has 0 bridgehead atoms. The summed E-state index contributed by atoms with van der Waals surface area (Å²) in [5.41, 5.74) is 16.8. The summed E-state index contributed by atoms with van der Waals surface area (Å²) in [5.74, 6) is 0.126. The lowest BCUT2D eigenvalue weighted by Crippen LogP contribution is -2.09. The molecule has 80 heavy (non-hydrogen) atoms. The maximum atomic E-state index is 12.5. The molecule has 0 aromatic heterocycles. The van der Waals surface area contributed by atoms with Crippen LogP contribution in [-0.4, -0.2) is 20.4 Å². The lowest BCUT2D eigenvalue weighted by molar-refractivity contribution is 0.477. The highest BCUT2D eigenvalue weighted by Crippen LogP contribution is 2.51. The molecule has 4 N–H and O–H groups in total. The molecule has 12 aromatic carbocycles. The van der Waals surface area contributed by atoms with Crippen molar-refractivity contribution in [3.05, 3.63) is 313 Å². The topological polar surface area (TPSA) is 80.9 Å². The molecule has 4 nitrogen and oxygen atoms in total. The SMILES string of the molecule is Oc1c(-c2ccccc2)cc(C(CCC(c2cc(-c3ccccc3)c(O)c(-c3ccccc3)c2)c2cc(-c3ccccc3)c(O)c(-c3ccccc3)c2)c2cc(-c3ccccc3)c(O)c(-c3ccccc3)c2)cc1-c1ccccc1. The lowest BCUT2D eigenvalue weighted by atomic mass is 9.77. The first-order valence-corrected chi connectivity index (χ1v) is 27.3. The van der Waals surface area contributed by atoms with Gasteiger partial charge in [0.15, 0.2) is 0 Å². The van der Waals surface area contributed by atoms with Crippen LogP contribution in [0.25, 0.3) is 89.0 Å². The second-order valence-electron chi connectivity index (χ2n) is 20.5. The highest BCUT2D eigenvalue weighted by atomic mass is 16.3. The van der Waals surface area contributed by atoms with Gasteiger partial charge in [-0.05, 0) is 128 Å². The first-order valence-electron chi connectivity index (χ1n) is 27.3. The summed E-state index contributed by atoms with van der Waals surface area (Å²) in [4.78, 5) is 0. The zero-order chi connectivity index (χ0) is 54.4. The van der Waals surface area contributed by atoms with E-state index in [2.05, 4.69) is 48.5 Å². The number of hydrogen-bond acceptors (Lipinski definition) is 4. The van der Waals surface area contributed by atoms with Gasteiger partial charge in [-0.1, -0.05) is 243 Å². The molecule has 4 heteroatoms. The molecule has 0 saturated carbocycles. The largest absolute Gasteiger partial charge is 0.507 e. The van der Waals surface area contributed by atoms with E-state index >= 15 is 0 Å². The summed E-state index contributed by atoms with van der Waals surface area (Å²) in [5, 5.41) is 49.8. The first kappa shape index (κ1) is 50.6. The number of phenols is 4. The molecule has 0 atom stereocenters. The highest BCUT2D eigenvalue weighted by Gasteiger charge is 2.28. The Balaban J connectivity index is 1.14. The Morgan fingerprint density at radius 3 is 0.438 bits per heavy atom. The molecule has 0 aliphatic heterocycles. The van der Waals surface area contributed by atoms with Crippen LogP contribution in [-0.2, 0) is 0 Å². The molecule has 0 saturated heterocycles. The molecule has 0 spiro atoms. The van der Waals surface area contributed by atoms with E-state index in [1.54, 1.807) is 0 Å². The van der Waals surface area contributed by atoms with Gasteiger partial charge in [0.2, 0.25) is 0 Å². The molecule has 0 radical (unpaired) electrons. The van der Waals surface area contributed by atoms with Crippen molar-refractivity contribution in [2.45, 2.75) is 24.7 Å². The zero-order valence-corrected chi connectivity index (χ0v) is 44.1. The summed E-state index contributed by atoms with van der Waals surface area (Å²) >= 11 is 0. The van der Waals surface area contributed by atoms with Gasteiger partial charge in [0.1, 0.15) is 23.0 Å². The predicted molar refractivity (Wildman–Crippen MR) is 329 cm³/mol. The van der Waals surface area contributed by atoms with Crippen molar-refractivity contribution < 1.29 is 20.4 Å². The van der Waals surface area contributed by atoms with Crippen molar-refractivity contribution in [1.29, 1.82) is 0 Å². The van der Waals surface area contributed by atoms with Crippen LogP contribution in [0.15, 0.2) is 291 Å². The van der Waals surface area contributed by atoms with E-state index in [0.29, 0.717) is 57.3 Å². The monoisotopic (exact) mass is 1030 g/mol. The Labute approximate surface area is 468 Å². The van der Waals surface area contributed by atoms with Crippen LogP contribution in [0, 0.1) is 0 Å². The summed E-state index contributed by atoms with van der Waals surface area (Å²) in [6, 6.07) is 97.8. The number of aromatic hydroxyl groups is 4. The normalized spacial score (nSPS) is 11.3. The zero-order valence-electron chi connectivity index (χ0n) is 44.1. The van der Waals surface area contributed by atoms with Crippen molar-refractivity contribution in [1.82, 2.24) is 0 Å². The minimum absolute atomic E-state index is 0.195. The molecule has 0 fully saturated rings. The summed E-state index contributed by atoms with van der Waals surface area (Å²) in [7, 11) is 0. The van der Waals surface area contributed by atoms with Gasteiger partial charge in [0.25, 0.3) is 0 Å². The molecule has 0 amide bonds. The fourth-order valence-corrected chi connectivity index (χ4v) is 11.5. The quantitative estimate of drug-likeness (QED) is 0.0825. The minimum Gasteiger partial charge on any atom is -0.507 e. The van der Waals surface area contributed by atoms with Crippen LogP contribution < -0.4 is 0 Å². The maximum absolute atomic E-state index is 12.5. The van der Waals surface area contributed by atoms with E-state index < -0.39 is 0 Å². The van der Waals surface area contributed by atoms with Gasteiger partial charge in [-0.15, -0.1) is 0 Å². The van der Waals surface area contributed by atoms with Gasteiger partial charge in [0, 0.05) is 56.3 Å². The average Bonchev–Trinajstić information content (AvgIpc) is 3.53. The van der Waals surface area contributed by atoms with Crippen molar-refractivity contribution >= 4 is 0 Å². The van der Waals surface area contributed by atoms with Crippen molar-refractivity contribution in [3.8, 4) is 112 Å². The molecular formula is C76H58O4. The fraction of sp³-hybridized carbons (Fsp3) is 0.0526. The third-order valence-corrected chi connectivity index (χ3v) is 15.6. The first-order chi connectivity index (χ1) is 39.4. The van der Waals surface area contributed by atoms with Crippen molar-refractivity contribution in [3.63, 3.8) is 0 Å². The number of benzene rings is 12. The van der Waals surface area contributed by atoms with E-state index in [4.69, 9.17) is 0 Å². The standard InChI is InChI=1S/C76H58O4/c77-73-65(51-25-9-1-10-26-51)43-59(44-66(73)52-27-11-2-12-28-52)63(60-45-67(53-29-13-3-14-30-53)74(78)68(46-60)54-31-15-4-16-32-54)41-42-64(61-47-69(55-33-17-5-18-34-55)75(79)70(48-61)56-35-19-6-20-36-56)62-49-71(57-37-21-7-22-38-57)76(80)72(50-62)58-39-23-8-24-40-58/h1-40,43-50,63-64,77-80H,41-42H2. The molecule has 12 rings (SSSR count). The third kappa shape index (κ3) is 10.4. The highest BCUT2D eigenvalue weighted by molar-refractivity contribution is 5.88. The smallest absolute Gasteiger partial charge is 0.131 e. The van der Waals surface area contributed by atoms with E-state index in [9.17, 15) is 20.4 Å². The van der Waals surface area contributed by atoms with E-state index in [1.165, 1.54) is 0 Å². The Kier molecular flexibility index (Phi) is 14.4. The van der Waals surface area contributed by atoms with Crippen LogP contribution in [0.1, 0.15) is 46.9 Å². The fourth-order valence-electron chi connectivity index (χ4n) is 11.5. The van der Waals surface area contributed by atoms with Crippen molar-refractivity contribution in [2.75, 3.05) is 0 Å². The van der Waals surface area contributed by atoms with Crippen LogP contribution in [0.2, 0.25) is 0 Å². The summed E-state index contributed by atoms with van der Waals surface area (Å²) < 4.78 is 0. The van der Waals surface area contributed by atoms with Gasteiger partial charge < -0.3 is 20.4 Å². The van der Waals surface area contributed by atoms with Crippen LogP contribution in [0.3, 0.4) is 0 Å². The number of phenolic OH excluding ortho intramolecular Hbond substituents is 4. The Morgan fingerprint density at radius 1 is 0.188 bits per heavy atom. The minimum atomic E-state index is -0.327. The second kappa shape index (κ2) is 22.8. The Hall–Kier alpha value is -10.2. The van der Waals surface area contributed by atoms with Gasteiger partial charge in [0.05, 0.1) is 0 Å². The number of rotatable bonds is 15. The third-order valence-electron chi connectivity index (χ3n) is 15.6. The van der Waals surface area contributed by atoms with Gasteiger partial charge >= 0.3 is 0 Å². The van der Waals surface area contributed by atoms with Crippen LogP contribution >= 0.6 is 0 Å². The summed E-state index contributed by atoms with van der Waals surface area (Å²) in [6.45, 7) is 0. The molecule has 0 aliphatic carbocycles. The van der Waals surface area contributed by atoms with E-state index in [-0.39, 0.29) is 34.8 Å². The maximum Gasteiger partial charge on any atom is 0.131 e. The van der Waals surface area contributed by atoms with Crippen molar-refractivity contribution in [2.24, 2.45) is 0 Å². The predicted octanol–water partition coefficient (Wildman–Crippen LogP) is 19.6. The van der Waals surface area contributed by atoms with Gasteiger partial charge in [-0.2, -0.15) is 0 Å². The number of hydrogen-bond donors (Lipinski definition) is 4. The second-order valence-corrected chi connectivity index (χ2v) is 20.5. The van der Waals surface area contributed by atoms with Gasteiger partial charge in [-0.25, -0.2) is 0 Å². The molecule has 12 aromatic rings. The molecule has 0 heterocycles. The van der Waals surface area contributed by atoms with E-state index in [0.717, 1.165) is 66.8 Å². The van der Waals surface area contributed by atoms with Crippen LogP contribution in [0.4, 0.5) is 0 Å². The average molecular weight is 1040 g/mol. The summed E-state index contributed by atoms with van der Waals surface area (Å²) in [6.07, 6.45) is 1.16. The Morgan fingerprint density at radius 2 is 0.312 bits per heavy atom. The Bertz CT molecular complexity index is 3280. The molecule has 386 valence electrons. The van der Waals surface area contributed by atoms with Crippen LogP contribution in [0.5, 0.6) is 23.0 Å². The van der Waals surface area contributed by atoms with E-state index in [1.807, 2.05) is 243 Å². The molecule has 0 aliphatic rings. The molecule has 0 unspecified atom stereocenters. The lowest BCUT2D eigenvalue weighted by Gasteiger charge is -2.28. The molecular weight excluding hydrogens is 977 g/mol.